The first-order valence-corrected chi connectivity index (χ1v) is 6.53. The van der Waals surface area contributed by atoms with Gasteiger partial charge >= 0.3 is 6.18 Å². The number of amides is 1. The van der Waals surface area contributed by atoms with Crippen molar-refractivity contribution in [3.8, 4) is 0 Å². The van der Waals surface area contributed by atoms with Gasteiger partial charge in [-0.2, -0.15) is 13.2 Å². The summed E-state index contributed by atoms with van der Waals surface area (Å²) in [6, 6.07) is 0. The molecule has 0 aromatic carbocycles. The molecule has 0 aromatic rings. The summed E-state index contributed by atoms with van der Waals surface area (Å²) in [5.41, 5.74) is -0.404. The highest BCUT2D eigenvalue weighted by atomic mass is 19.4. The zero-order chi connectivity index (χ0) is 14.4. The number of nitrogens with one attached hydrogen (secondary N) is 2. The minimum atomic E-state index is -4.32. The van der Waals surface area contributed by atoms with E-state index in [4.69, 9.17) is 0 Å². The molecule has 0 aliphatic carbocycles. The van der Waals surface area contributed by atoms with Crippen molar-refractivity contribution in [1.82, 2.24) is 10.6 Å². The fourth-order valence-electron chi connectivity index (χ4n) is 2.36. The summed E-state index contributed by atoms with van der Waals surface area (Å²) >= 11 is 0. The van der Waals surface area contributed by atoms with Crippen molar-refractivity contribution in [2.24, 2.45) is 5.41 Å². The molecule has 1 aliphatic heterocycles. The number of rotatable bonds is 7. The van der Waals surface area contributed by atoms with Gasteiger partial charge in [-0.15, -0.1) is 0 Å². The quantitative estimate of drug-likeness (QED) is 0.695. The highest BCUT2D eigenvalue weighted by molar-refractivity contribution is 5.83. The molecule has 4 nitrogen and oxygen atoms in total. The summed E-state index contributed by atoms with van der Waals surface area (Å²) in [6.45, 7) is 2.17. The van der Waals surface area contributed by atoms with Crippen LogP contribution < -0.4 is 10.6 Å². The second-order valence-corrected chi connectivity index (χ2v) is 4.88. The minimum Gasteiger partial charge on any atom is -0.370 e. The molecule has 1 heterocycles. The SMILES string of the molecule is CCCC1(C(=O)NCCOCC(F)(F)F)CCNC1. The fourth-order valence-corrected chi connectivity index (χ4v) is 2.36. The molecule has 1 unspecified atom stereocenters. The Hall–Kier alpha value is -0.820. The van der Waals surface area contributed by atoms with Gasteiger partial charge in [0.25, 0.3) is 0 Å². The van der Waals surface area contributed by atoms with Crippen molar-refractivity contribution in [2.75, 3.05) is 32.8 Å². The molecule has 1 aliphatic rings. The molecular weight excluding hydrogens is 261 g/mol. The molecule has 1 fully saturated rings. The lowest BCUT2D eigenvalue weighted by molar-refractivity contribution is -0.173. The van der Waals surface area contributed by atoms with Crippen LogP contribution in [0.4, 0.5) is 13.2 Å². The summed E-state index contributed by atoms with van der Waals surface area (Å²) in [7, 11) is 0. The van der Waals surface area contributed by atoms with Gasteiger partial charge in [0, 0.05) is 13.1 Å². The first kappa shape index (κ1) is 16.2. The topological polar surface area (TPSA) is 50.4 Å². The Morgan fingerprint density at radius 2 is 2.21 bits per heavy atom. The highest BCUT2D eigenvalue weighted by Crippen LogP contribution is 2.31. The van der Waals surface area contributed by atoms with Gasteiger partial charge in [0.2, 0.25) is 5.91 Å². The zero-order valence-electron chi connectivity index (χ0n) is 11.1. The maximum atomic E-state index is 12.1. The molecule has 1 saturated heterocycles. The molecule has 0 spiro atoms. The predicted molar refractivity (Wildman–Crippen MR) is 64.7 cm³/mol. The second kappa shape index (κ2) is 7.09. The monoisotopic (exact) mass is 282 g/mol. The number of hydrogen-bond donors (Lipinski definition) is 2. The van der Waals surface area contributed by atoms with Gasteiger partial charge in [0.1, 0.15) is 6.61 Å². The lowest BCUT2D eigenvalue weighted by atomic mass is 9.81. The first-order chi connectivity index (χ1) is 8.90. The molecule has 1 atom stereocenters. The number of carbonyl (C=O) groups excluding carboxylic acids is 1. The average Bonchev–Trinajstić information content (AvgIpc) is 2.77. The first-order valence-electron chi connectivity index (χ1n) is 6.53. The molecule has 1 amide bonds. The van der Waals surface area contributed by atoms with Crippen LogP contribution in [0.1, 0.15) is 26.2 Å². The van der Waals surface area contributed by atoms with Crippen molar-refractivity contribution in [1.29, 1.82) is 0 Å². The maximum Gasteiger partial charge on any atom is 0.411 e. The molecular formula is C12H21F3N2O2. The van der Waals surface area contributed by atoms with Gasteiger partial charge in [-0.3, -0.25) is 4.79 Å². The van der Waals surface area contributed by atoms with Gasteiger partial charge in [0.15, 0.2) is 0 Å². The third-order valence-corrected chi connectivity index (χ3v) is 3.25. The van der Waals surface area contributed by atoms with Crippen molar-refractivity contribution in [2.45, 2.75) is 32.4 Å². The zero-order valence-corrected chi connectivity index (χ0v) is 11.1. The van der Waals surface area contributed by atoms with E-state index in [9.17, 15) is 18.0 Å². The Bertz CT molecular complexity index is 289. The Kier molecular flexibility index (Phi) is 6.06. The molecule has 7 heteroatoms. The molecule has 0 radical (unpaired) electrons. The second-order valence-electron chi connectivity index (χ2n) is 4.88. The van der Waals surface area contributed by atoms with Crippen LogP contribution >= 0.6 is 0 Å². The van der Waals surface area contributed by atoms with Crippen molar-refractivity contribution < 1.29 is 22.7 Å². The molecule has 112 valence electrons. The van der Waals surface area contributed by atoms with Gasteiger partial charge < -0.3 is 15.4 Å². The molecule has 2 N–H and O–H groups in total. The van der Waals surface area contributed by atoms with Crippen LogP contribution in [0.2, 0.25) is 0 Å². The molecule has 0 aromatic heterocycles. The third kappa shape index (κ3) is 5.36. The summed E-state index contributed by atoms with van der Waals surface area (Å²) in [6.07, 6.45) is -1.85. The Balaban J connectivity index is 2.26. The normalized spacial score (nSPS) is 23.6. The van der Waals surface area contributed by atoms with E-state index < -0.39 is 18.2 Å². The molecule has 1 rings (SSSR count). The third-order valence-electron chi connectivity index (χ3n) is 3.25. The van der Waals surface area contributed by atoms with Gasteiger partial charge in [0.05, 0.1) is 12.0 Å². The lowest BCUT2D eigenvalue weighted by Gasteiger charge is -2.26. The average molecular weight is 282 g/mol. The molecule has 0 bridgehead atoms. The number of carbonyl (C=O) groups is 1. The Morgan fingerprint density at radius 1 is 1.47 bits per heavy atom. The Labute approximate surface area is 111 Å². The standard InChI is InChI=1S/C12H21F3N2O2/c1-2-3-11(4-5-16-8-11)10(18)17-6-7-19-9-12(13,14)15/h16H,2-9H2,1H3,(H,17,18). The highest BCUT2D eigenvalue weighted by Gasteiger charge is 2.39. The van der Waals surface area contributed by atoms with Crippen LogP contribution in [0.15, 0.2) is 0 Å². The molecule has 19 heavy (non-hydrogen) atoms. The van der Waals surface area contributed by atoms with E-state index in [0.29, 0.717) is 6.54 Å². The summed E-state index contributed by atoms with van der Waals surface area (Å²) in [5.74, 6) is -0.0880. The van der Waals surface area contributed by atoms with E-state index in [0.717, 1.165) is 25.8 Å². The fraction of sp³-hybridized carbons (Fsp3) is 0.917. The summed E-state index contributed by atoms with van der Waals surface area (Å²) < 4.78 is 39.9. The van der Waals surface area contributed by atoms with Crippen LogP contribution in [-0.2, 0) is 9.53 Å². The van der Waals surface area contributed by atoms with Gasteiger partial charge in [-0.05, 0) is 19.4 Å². The van der Waals surface area contributed by atoms with E-state index in [1.807, 2.05) is 6.92 Å². The van der Waals surface area contributed by atoms with Crippen molar-refractivity contribution in [3.63, 3.8) is 0 Å². The Morgan fingerprint density at radius 3 is 2.74 bits per heavy atom. The predicted octanol–water partition coefficient (Wildman–Crippen LogP) is 1.46. The van der Waals surface area contributed by atoms with E-state index in [-0.39, 0.29) is 19.1 Å². The van der Waals surface area contributed by atoms with E-state index in [1.54, 1.807) is 0 Å². The van der Waals surface area contributed by atoms with Crippen molar-refractivity contribution >= 4 is 5.91 Å². The smallest absolute Gasteiger partial charge is 0.370 e. The minimum absolute atomic E-state index is 0.0880. The summed E-state index contributed by atoms with van der Waals surface area (Å²) in [5, 5.41) is 5.82. The van der Waals surface area contributed by atoms with Crippen LogP contribution in [0, 0.1) is 5.41 Å². The largest absolute Gasteiger partial charge is 0.411 e. The summed E-state index contributed by atoms with van der Waals surface area (Å²) in [4.78, 5) is 12.1. The van der Waals surface area contributed by atoms with Crippen LogP contribution in [0.25, 0.3) is 0 Å². The van der Waals surface area contributed by atoms with Gasteiger partial charge in [-0.25, -0.2) is 0 Å². The van der Waals surface area contributed by atoms with E-state index in [2.05, 4.69) is 15.4 Å². The van der Waals surface area contributed by atoms with Crippen molar-refractivity contribution in [3.05, 3.63) is 0 Å². The van der Waals surface area contributed by atoms with Crippen LogP contribution in [0.3, 0.4) is 0 Å². The van der Waals surface area contributed by atoms with Crippen LogP contribution in [0.5, 0.6) is 0 Å². The number of hydrogen-bond acceptors (Lipinski definition) is 3. The lowest BCUT2D eigenvalue weighted by Crippen LogP contribution is -2.43. The maximum absolute atomic E-state index is 12.1. The number of ether oxygens (including phenoxy) is 1. The number of alkyl halides is 3. The molecule has 0 saturated carbocycles. The number of halogens is 3. The van der Waals surface area contributed by atoms with Crippen LogP contribution in [-0.4, -0.2) is 44.9 Å². The van der Waals surface area contributed by atoms with E-state index in [1.165, 1.54) is 0 Å². The van der Waals surface area contributed by atoms with E-state index >= 15 is 0 Å². The van der Waals surface area contributed by atoms with Gasteiger partial charge in [-0.1, -0.05) is 13.3 Å².